The van der Waals surface area contributed by atoms with Crippen molar-refractivity contribution < 1.29 is 17.9 Å². The Labute approximate surface area is 182 Å². The highest BCUT2D eigenvalue weighted by molar-refractivity contribution is 6.30. The molecule has 1 aliphatic heterocycles. The van der Waals surface area contributed by atoms with E-state index in [-0.39, 0.29) is 36.4 Å². The van der Waals surface area contributed by atoms with Gasteiger partial charge in [0, 0.05) is 17.1 Å². The fraction of sp³-hybridized carbons (Fsp3) is 0.263. The molecule has 162 valence electrons. The van der Waals surface area contributed by atoms with Gasteiger partial charge in [-0.05, 0) is 36.8 Å². The third kappa shape index (κ3) is 5.70. The molecule has 0 fully saturated rings. The Morgan fingerprint density at radius 3 is 2.40 bits per heavy atom. The van der Waals surface area contributed by atoms with Gasteiger partial charge in [-0.15, -0.1) is 12.4 Å². The lowest BCUT2D eigenvalue weighted by molar-refractivity contribution is -0.138. The summed E-state index contributed by atoms with van der Waals surface area (Å²) >= 11 is 5.83. The van der Waals surface area contributed by atoms with Crippen LogP contribution in [-0.4, -0.2) is 30.0 Å². The van der Waals surface area contributed by atoms with Crippen LogP contribution in [0.5, 0.6) is 5.75 Å². The summed E-state index contributed by atoms with van der Waals surface area (Å²) in [5.74, 6) is 0.472. The summed E-state index contributed by atoms with van der Waals surface area (Å²) in [6.45, 7) is 0.592. The Hall–Kier alpha value is -2.65. The van der Waals surface area contributed by atoms with Gasteiger partial charge < -0.3 is 21.1 Å². The van der Waals surface area contributed by atoms with E-state index in [0.29, 0.717) is 23.8 Å². The van der Waals surface area contributed by atoms with Crippen LogP contribution in [0.2, 0.25) is 5.02 Å². The summed E-state index contributed by atoms with van der Waals surface area (Å²) in [6.07, 6.45) is -5.09. The maximum atomic E-state index is 13.5. The lowest BCUT2D eigenvalue weighted by Gasteiger charge is -2.33. The van der Waals surface area contributed by atoms with E-state index < -0.39 is 17.9 Å². The van der Waals surface area contributed by atoms with E-state index in [1.807, 2.05) is 0 Å². The molecule has 30 heavy (non-hydrogen) atoms. The number of guanidine groups is 2. The van der Waals surface area contributed by atoms with Crippen LogP contribution in [0.3, 0.4) is 0 Å². The smallest absolute Gasteiger partial charge is 0.416 e. The fourth-order valence-electron chi connectivity index (χ4n) is 2.94. The van der Waals surface area contributed by atoms with E-state index in [1.54, 1.807) is 24.3 Å². The number of aliphatic imine (C=N–C) groups is 2. The van der Waals surface area contributed by atoms with E-state index in [4.69, 9.17) is 27.8 Å². The van der Waals surface area contributed by atoms with E-state index in [2.05, 4.69) is 9.98 Å². The number of nitrogens with two attached hydrogens (primary N) is 2. The first-order valence-electron chi connectivity index (χ1n) is 8.74. The molecule has 1 unspecified atom stereocenters. The zero-order chi connectivity index (χ0) is 21.0. The largest absolute Gasteiger partial charge is 0.494 e. The lowest BCUT2D eigenvalue weighted by atomic mass is 10.0. The minimum absolute atomic E-state index is 0. The molecule has 0 radical (unpaired) electrons. The van der Waals surface area contributed by atoms with Crippen molar-refractivity contribution in [3.8, 4) is 5.75 Å². The summed E-state index contributed by atoms with van der Waals surface area (Å²) in [4.78, 5) is 9.47. The molecule has 0 bridgehead atoms. The predicted molar refractivity (Wildman–Crippen MR) is 113 cm³/mol. The van der Waals surface area contributed by atoms with Crippen molar-refractivity contribution in [1.82, 2.24) is 4.90 Å². The summed E-state index contributed by atoms with van der Waals surface area (Å²) in [7, 11) is 0. The zero-order valence-corrected chi connectivity index (χ0v) is 17.2. The maximum Gasteiger partial charge on any atom is 0.416 e. The minimum Gasteiger partial charge on any atom is -0.494 e. The Balaban J connectivity index is 0.00000320. The summed E-state index contributed by atoms with van der Waals surface area (Å²) in [5.41, 5.74) is 10.8. The number of benzene rings is 2. The highest BCUT2D eigenvalue weighted by Crippen LogP contribution is 2.37. The summed E-state index contributed by atoms with van der Waals surface area (Å²) < 4.78 is 46.0. The molecule has 0 amide bonds. The van der Waals surface area contributed by atoms with Crippen molar-refractivity contribution >= 4 is 35.9 Å². The van der Waals surface area contributed by atoms with Crippen molar-refractivity contribution in [2.24, 2.45) is 21.5 Å². The molecule has 1 heterocycles. The molecule has 3 rings (SSSR count). The average Bonchev–Trinajstić information content (AvgIpc) is 2.67. The predicted octanol–water partition coefficient (Wildman–Crippen LogP) is 4.19. The van der Waals surface area contributed by atoms with Crippen molar-refractivity contribution in [2.45, 2.75) is 18.8 Å². The maximum absolute atomic E-state index is 13.5. The van der Waals surface area contributed by atoms with Gasteiger partial charge in [0.2, 0.25) is 11.9 Å². The minimum atomic E-state index is -4.53. The van der Waals surface area contributed by atoms with Gasteiger partial charge in [-0.1, -0.05) is 29.8 Å². The molecule has 4 N–H and O–H groups in total. The quantitative estimate of drug-likeness (QED) is 0.630. The van der Waals surface area contributed by atoms with Crippen LogP contribution in [0.1, 0.15) is 23.7 Å². The van der Waals surface area contributed by atoms with Gasteiger partial charge in [-0.3, -0.25) is 0 Å². The topological polar surface area (TPSA) is 89.2 Å². The summed E-state index contributed by atoms with van der Waals surface area (Å²) in [6, 6.07) is 12.1. The Kier molecular flexibility index (Phi) is 7.80. The first kappa shape index (κ1) is 23.6. The lowest BCUT2D eigenvalue weighted by Crippen LogP contribution is -2.45. The van der Waals surface area contributed by atoms with Crippen molar-refractivity contribution in [3.63, 3.8) is 0 Å². The first-order valence-corrected chi connectivity index (χ1v) is 9.12. The number of ether oxygens (including phenoxy) is 1. The van der Waals surface area contributed by atoms with E-state index in [9.17, 15) is 13.2 Å². The van der Waals surface area contributed by atoms with Gasteiger partial charge in [-0.2, -0.15) is 18.2 Å². The number of rotatable bonds is 6. The molecule has 11 heteroatoms. The Bertz CT molecular complexity index is 919. The van der Waals surface area contributed by atoms with Gasteiger partial charge in [0.1, 0.15) is 5.75 Å². The Morgan fingerprint density at radius 1 is 1.07 bits per heavy atom. The second-order valence-electron chi connectivity index (χ2n) is 6.27. The molecule has 0 spiro atoms. The molecule has 0 aliphatic carbocycles. The van der Waals surface area contributed by atoms with Crippen LogP contribution >= 0.6 is 24.0 Å². The summed E-state index contributed by atoms with van der Waals surface area (Å²) in [5, 5.41) is 0.594. The van der Waals surface area contributed by atoms with Crippen LogP contribution in [0.4, 0.5) is 13.2 Å². The van der Waals surface area contributed by atoms with Crippen LogP contribution in [0.25, 0.3) is 0 Å². The van der Waals surface area contributed by atoms with E-state index >= 15 is 0 Å². The molecule has 0 saturated heterocycles. The van der Waals surface area contributed by atoms with E-state index in [1.165, 1.54) is 23.1 Å². The standard InChI is InChI=1S/C19H19ClF3N5O.ClH/c20-12-6-8-13(9-7-12)29-11-3-10-28-16(26-17(24)27-18(28)25)14-4-1-2-5-15(14)19(21,22)23;/h1-2,4-9,16H,3,10-11H2,(H4,24,25,26,27);1H. The van der Waals surface area contributed by atoms with Crippen molar-refractivity contribution in [1.29, 1.82) is 0 Å². The van der Waals surface area contributed by atoms with Gasteiger partial charge in [0.05, 0.1) is 12.2 Å². The third-order valence-corrected chi connectivity index (χ3v) is 4.50. The molecular weight excluding hydrogens is 442 g/mol. The molecule has 6 nitrogen and oxygen atoms in total. The second-order valence-corrected chi connectivity index (χ2v) is 6.70. The molecule has 2 aromatic carbocycles. The fourth-order valence-corrected chi connectivity index (χ4v) is 3.07. The molecule has 1 aliphatic rings. The molecule has 0 saturated carbocycles. The first-order chi connectivity index (χ1) is 13.8. The highest BCUT2D eigenvalue weighted by atomic mass is 35.5. The number of halogens is 5. The number of alkyl halides is 3. The van der Waals surface area contributed by atoms with Crippen molar-refractivity contribution in [3.05, 3.63) is 64.7 Å². The zero-order valence-electron chi connectivity index (χ0n) is 15.6. The number of nitrogens with zero attached hydrogens (tertiary/aromatic N) is 3. The second kappa shape index (κ2) is 9.90. The Morgan fingerprint density at radius 2 is 1.73 bits per heavy atom. The average molecular weight is 462 g/mol. The van der Waals surface area contributed by atoms with E-state index in [0.717, 1.165) is 6.07 Å². The van der Waals surface area contributed by atoms with Gasteiger partial charge in [0.25, 0.3) is 0 Å². The van der Waals surface area contributed by atoms with Crippen LogP contribution in [-0.2, 0) is 6.18 Å². The molecule has 1 atom stereocenters. The third-order valence-electron chi connectivity index (χ3n) is 4.24. The molecule has 0 aromatic heterocycles. The highest BCUT2D eigenvalue weighted by Gasteiger charge is 2.37. The van der Waals surface area contributed by atoms with Gasteiger partial charge in [-0.25, -0.2) is 4.99 Å². The number of hydrogen-bond acceptors (Lipinski definition) is 6. The van der Waals surface area contributed by atoms with Crippen LogP contribution in [0.15, 0.2) is 58.5 Å². The van der Waals surface area contributed by atoms with Gasteiger partial charge in [0.15, 0.2) is 6.17 Å². The van der Waals surface area contributed by atoms with Gasteiger partial charge >= 0.3 is 6.18 Å². The van der Waals surface area contributed by atoms with Crippen molar-refractivity contribution in [2.75, 3.05) is 13.2 Å². The number of hydrogen-bond donors (Lipinski definition) is 2. The normalized spacial score (nSPS) is 16.4. The van der Waals surface area contributed by atoms with Crippen LogP contribution in [0, 0.1) is 0 Å². The SMILES string of the molecule is Cl.NC1=NC(c2ccccc2C(F)(F)F)N(CCCOc2ccc(Cl)cc2)C(N)=N1. The van der Waals surface area contributed by atoms with Crippen LogP contribution < -0.4 is 16.2 Å². The monoisotopic (exact) mass is 461 g/mol. The molecule has 2 aromatic rings. The molecular formula is C19H20Cl2F3N5O.